The van der Waals surface area contributed by atoms with Crippen LogP contribution in [0.4, 0.5) is 5.69 Å². The van der Waals surface area contributed by atoms with Gasteiger partial charge in [-0.2, -0.15) is 0 Å². The fourth-order valence-corrected chi connectivity index (χ4v) is 27.2. The van der Waals surface area contributed by atoms with Gasteiger partial charge in [0.1, 0.15) is 26.4 Å². The summed E-state index contributed by atoms with van der Waals surface area (Å²) in [5.74, 6) is 3.57. The minimum Gasteiger partial charge on any atom is -0.464 e. The predicted octanol–water partition coefficient (Wildman–Crippen LogP) is 12.9. The van der Waals surface area contributed by atoms with Gasteiger partial charge in [-0.25, -0.2) is 0 Å². The first-order valence-corrected chi connectivity index (χ1v) is 40.2. The summed E-state index contributed by atoms with van der Waals surface area (Å²) in [6.45, 7) is 5.15. The third-order valence-electron chi connectivity index (χ3n) is 11.6. The molecular formula is C56H65NO16S14. The summed E-state index contributed by atoms with van der Waals surface area (Å²) in [5.41, 5.74) is 1.46. The van der Waals surface area contributed by atoms with Crippen molar-refractivity contribution in [3.63, 3.8) is 0 Å². The average Bonchev–Trinajstić information content (AvgIpc) is 3.03. The second kappa shape index (κ2) is 41.5. The maximum absolute atomic E-state index is 12.6. The zero-order valence-corrected chi connectivity index (χ0v) is 58.6. The lowest BCUT2D eigenvalue weighted by atomic mass is 9.96. The van der Waals surface area contributed by atoms with E-state index in [9.17, 15) is 28.8 Å². The van der Waals surface area contributed by atoms with Crippen molar-refractivity contribution in [3.05, 3.63) is 101 Å². The smallest absolute Gasteiger partial charge is 0.306 e. The largest absolute Gasteiger partial charge is 0.464 e. The zero-order valence-electron chi connectivity index (χ0n) is 47.2. The van der Waals surface area contributed by atoms with E-state index in [4.69, 9.17) is 47.4 Å². The molecule has 1 aromatic rings. The Morgan fingerprint density at radius 2 is 0.782 bits per heavy atom. The van der Waals surface area contributed by atoms with Crippen molar-refractivity contribution in [2.24, 2.45) is 0 Å². The van der Waals surface area contributed by atoms with Gasteiger partial charge >= 0.3 is 23.9 Å². The highest BCUT2D eigenvalue weighted by atomic mass is 32.3. The topological polar surface area (TPSA) is 198 Å². The van der Waals surface area contributed by atoms with E-state index in [0.717, 1.165) is 11.5 Å². The molecule has 1 aliphatic carbocycles. The zero-order chi connectivity index (χ0) is 60.7. The summed E-state index contributed by atoms with van der Waals surface area (Å²) in [7, 11) is 0. The van der Waals surface area contributed by atoms with Crippen LogP contribution in [0.3, 0.4) is 0 Å². The van der Waals surface area contributed by atoms with Crippen LogP contribution >= 0.6 is 165 Å². The molecule has 0 aromatic heterocycles. The van der Waals surface area contributed by atoms with Crippen LogP contribution in [0.5, 0.6) is 0 Å². The van der Waals surface area contributed by atoms with E-state index in [-0.39, 0.29) is 95.6 Å². The number of carbonyl (C=O) groups is 6. The van der Waals surface area contributed by atoms with Crippen molar-refractivity contribution in [1.82, 2.24) is 0 Å². The molecule has 474 valence electrons. The Hall–Kier alpha value is -1.18. The number of hydrogen-bond donors (Lipinski definition) is 0. The Morgan fingerprint density at radius 1 is 0.414 bits per heavy atom. The second-order valence-corrected chi connectivity index (χ2v) is 35.1. The number of nitrogens with zero attached hydrogens (tertiary/aromatic N) is 1. The highest BCUT2D eigenvalue weighted by Crippen LogP contribution is 2.66. The van der Waals surface area contributed by atoms with Gasteiger partial charge in [0.2, 0.25) is 0 Å². The molecule has 0 fully saturated rings. The van der Waals surface area contributed by atoms with Gasteiger partial charge in [-0.1, -0.05) is 106 Å². The van der Waals surface area contributed by atoms with Gasteiger partial charge in [-0.3, -0.25) is 28.8 Å². The van der Waals surface area contributed by atoms with E-state index >= 15 is 0 Å². The van der Waals surface area contributed by atoms with Crippen molar-refractivity contribution in [3.8, 4) is 0 Å². The lowest BCUT2D eigenvalue weighted by Gasteiger charge is -2.25. The molecule has 0 amide bonds. The number of esters is 4. The Kier molecular flexibility index (Phi) is 34.2. The van der Waals surface area contributed by atoms with Crippen LogP contribution in [0.15, 0.2) is 95.7 Å². The minimum atomic E-state index is -0.603. The van der Waals surface area contributed by atoms with Gasteiger partial charge in [0, 0.05) is 45.8 Å². The fraction of sp³-hybridized carbons (Fsp3) is 0.500. The summed E-state index contributed by atoms with van der Waals surface area (Å²) in [5, 5.41) is 4.47. The van der Waals surface area contributed by atoms with Gasteiger partial charge in [-0.15, -0.1) is 70.6 Å². The number of rotatable bonds is 40. The molecule has 0 unspecified atom stereocenters. The Labute approximate surface area is 567 Å². The summed E-state index contributed by atoms with van der Waals surface area (Å²) in [6.07, 6.45) is 2.97. The van der Waals surface area contributed by atoms with Gasteiger partial charge in [0.25, 0.3) is 0 Å². The Morgan fingerprint density at radius 3 is 1.18 bits per heavy atom. The number of hydrogen-bond acceptors (Lipinski definition) is 31. The summed E-state index contributed by atoms with van der Waals surface area (Å²) >= 11 is 26.6. The molecule has 0 bridgehead atoms. The molecule has 0 saturated carbocycles. The quantitative estimate of drug-likeness (QED) is 0.0260. The summed E-state index contributed by atoms with van der Waals surface area (Å²) in [6, 6.07) is 6.85. The van der Waals surface area contributed by atoms with Crippen molar-refractivity contribution < 1.29 is 76.1 Å². The van der Waals surface area contributed by atoms with Crippen LogP contribution in [0.2, 0.25) is 0 Å². The van der Waals surface area contributed by atoms with Crippen LogP contribution in [-0.2, 0) is 76.1 Å². The van der Waals surface area contributed by atoms with Gasteiger partial charge < -0.3 is 52.3 Å². The lowest BCUT2D eigenvalue weighted by Crippen LogP contribution is -2.32. The number of allylic oxidation sites excluding steroid dienone is 4. The molecule has 17 nitrogen and oxygen atoms in total. The number of ether oxygens (including phenoxy) is 10. The molecule has 31 heteroatoms. The molecule has 87 heavy (non-hydrogen) atoms. The Balaban J connectivity index is 0.601. The average molecular weight is 1460 g/mol. The van der Waals surface area contributed by atoms with E-state index < -0.39 is 23.9 Å². The molecule has 7 aliphatic rings. The van der Waals surface area contributed by atoms with Gasteiger partial charge in [0.15, 0.2) is 11.6 Å². The molecule has 0 atom stereocenters. The Bertz CT molecular complexity index is 2630. The molecule has 8 rings (SSSR count). The standard InChI is InChI=1S/C56H65NO16S14/c58-40-5-6-42(59)41(35-40)38-1-3-39(4-2-38)57(11-13-70-43(60)7-9-45(62)72-25-23-66-17-15-64-19-21-68-27-29-74-47-36-80-53(82-47)55-84-49-50(85-55)77-32-31-76-49)12-14-71-44(61)8-10-46(63)73-26-24-67-18-16-65-20-22-69-28-30-75-48-37-81-54(83-48)56-86-51-52(87-56)79-34-33-78-51/h1-6,35-37H,7-34H2. The molecule has 1 aromatic carbocycles. The lowest BCUT2D eigenvalue weighted by molar-refractivity contribution is -0.151. The molecular weight excluding hydrogens is 1390 g/mol. The minimum absolute atomic E-state index is 0.0238. The maximum Gasteiger partial charge on any atom is 0.306 e. The van der Waals surface area contributed by atoms with E-state index in [1.165, 1.54) is 83.6 Å². The first-order valence-electron chi connectivity index (χ1n) is 27.6. The van der Waals surface area contributed by atoms with Gasteiger partial charge in [0.05, 0.1) is 160 Å². The van der Waals surface area contributed by atoms with Crippen molar-refractivity contribution in [2.75, 3.05) is 158 Å². The van der Waals surface area contributed by atoms with Gasteiger partial charge in [-0.05, 0) is 46.7 Å². The summed E-state index contributed by atoms with van der Waals surface area (Å²) in [4.78, 5) is 76.3. The number of ketones is 2. The van der Waals surface area contributed by atoms with Crippen molar-refractivity contribution in [1.29, 1.82) is 0 Å². The third kappa shape index (κ3) is 26.6. The summed E-state index contributed by atoms with van der Waals surface area (Å²) < 4.78 is 69.0. The molecule has 6 aliphatic heterocycles. The second-order valence-electron chi connectivity index (χ2n) is 17.9. The SMILES string of the molecule is O=C1C=CC(=O)C(c2ccc(N(CCOC(=O)CCC(=O)OCCOCCOCCOCCSC3=CSC(=C4SC5=C(SCCS5)S4)S3)CCOC(=O)CCC(=O)OCCOCCOCCOCCSC3=CSC(=C4SC5=C(SCCS5)S4)S3)cc2)=C1. The third-order valence-corrected chi connectivity index (χ3v) is 31.6. The van der Waals surface area contributed by atoms with E-state index in [0.29, 0.717) is 77.3 Å². The van der Waals surface area contributed by atoms with Crippen molar-refractivity contribution >= 4 is 211 Å². The molecule has 0 spiro atoms. The normalized spacial score (nSPS) is 17.4. The molecule has 0 radical (unpaired) electrons. The number of carbonyl (C=O) groups excluding carboxylic acids is 6. The van der Waals surface area contributed by atoms with E-state index in [1.54, 1.807) is 24.3 Å². The number of anilines is 1. The van der Waals surface area contributed by atoms with E-state index in [2.05, 4.69) is 10.8 Å². The van der Waals surface area contributed by atoms with Crippen LogP contribution < -0.4 is 4.90 Å². The first-order chi connectivity index (χ1) is 42.6. The van der Waals surface area contributed by atoms with Crippen molar-refractivity contribution in [2.45, 2.75) is 25.7 Å². The fourth-order valence-electron chi connectivity index (χ4n) is 7.50. The first kappa shape index (κ1) is 71.7. The maximum atomic E-state index is 12.6. The highest BCUT2D eigenvalue weighted by molar-refractivity contribution is 8.45. The van der Waals surface area contributed by atoms with E-state index in [1.807, 2.05) is 170 Å². The number of benzene rings is 1. The van der Waals surface area contributed by atoms with Crippen LogP contribution in [-0.4, -0.2) is 189 Å². The molecule has 0 saturated heterocycles. The monoisotopic (exact) mass is 1460 g/mol. The highest BCUT2D eigenvalue weighted by Gasteiger charge is 2.31. The number of thioether (sulfide) groups is 14. The molecule has 6 heterocycles. The van der Waals surface area contributed by atoms with Crippen LogP contribution in [0, 0.1) is 0 Å². The van der Waals surface area contributed by atoms with Crippen LogP contribution in [0.25, 0.3) is 5.57 Å². The predicted molar refractivity (Wildman–Crippen MR) is 373 cm³/mol. The van der Waals surface area contributed by atoms with Crippen LogP contribution in [0.1, 0.15) is 31.2 Å². The molecule has 0 N–H and O–H groups in total.